The molecule has 0 N–H and O–H groups in total. The first-order valence-corrected chi connectivity index (χ1v) is 34.3. The molecule has 19 rings (SSSR count). The molecule has 4 heterocycles. The number of nitrogens with zero attached hydrogens (tertiary/aromatic N) is 2. The highest BCUT2D eigenvalue weighted by atomic mass is 16.3. The Morgan fingerprint density at radius 1 is 0.242 bits per heavy atom. The predicted molar refractivity (Wildman–Crippen MR) is 417 cm³/mol. The van der Waals surface area contributed by atoms with Crippen molar-refractivity contribution in [2.24, 2.45) is 0 Å². The van der Waals surface area contributed by atoms with Crippen molar-refractivity contribution >= 4 is 101 Å². The monoisotopic (exact) mass is 1260 g/mol. The van der Waals surface area contributed by atoms with Crippen LogP contribution in [0, 0.1) is 0 Å². The summed E-state index contributed by atoms with van der Waals surface area (Å²) in [5.41, 5.74) is 32.2. The molecule has 99 heavy (non-hydrogen) atoms. The molecular weight excluding hydrogens is 1200 g/mol. The molecule has 0 spiro atoms. The summed E-state index contributed by atoms with van der Waals surface area (Å²) in [4.78, 5) is 5.33. The summed E-state index contributed by atoms with van der Waals surface area (Å²) in [5, 5.41) is 4.29. The molecule has 2 aromatic heterocycles. The van der Waals surface area contributed by atoms with Crippen LogP contribution in [0.25, 0.3) is 133 Å². The van der Waals surface area contributed by atoms with E-state index in [0.717, 1.165) is 167 Å². The minimum absolute atomic E-state index is 0.315. The van der Waals surface area contributed by atoms with Crippen molar-refractivity contribution in [1.29, 1.82) is 0 Å². The van der Waals surface area contributed by atoms with Crippen molar-refractivity contribution in [3.05, 3.63) is 345 Å². The van der Waals surface area contributed by atoms with E-state index in [2.05, 4.69) is 370 Å². The molecule has 0 bridgehead atoms. The maximum atomic E-state index is 7.14. The molecule has 4 nitrogen and oxygen atoms in total. The number of hydrogen-bond donors (Lipinski definition) is 0. The van der Waals surface area contributed by atoms with E-state index in [1.807, 2.05) is 0 Å². The van der Waals surface area contributed by atoms with Gasteiger partial charge < -0.3 is 18.6 Å². The number of benzene rings is 15. The smallest absolute Gasteiger partial charge is 0.252 e. The number of fused-ring (bicyclic) bond motifs is 10. The van der Waals surface area contributed by atoms with E-state index in [4.69, 9.17) is 8.83 Å². The Morgan fingerprint density at radius 3 is 0.848 bits per heavy atom. The highest BCUT2D eigenvalue weighted by Gasteiger charge is 2.47. The van der Waals surface area contributed by atoms with E-state index in [-0.39, 0.29) is 12.1 Å². The van der Waals surface area contributed by atoms with Crippen molar-refractivity contribution < 1.29 is 8.83 Å². The number of anilines is 6. The van der Waals surface area contributed by atoms with Crippen molar-refractivity contribution in [2.45, 2.75) is 26.2 Å². The van der Waals surface area contributed by atoms with Crippen LogP contribution in [0.15, 0.2) is 349 Å². The third-order valence-electron chi connectivity index (χ3n) is 20.7. The zero-order valence-electron chi connectivity index (χ0n) is 55.1. The second-order valence-corrected chi connectivity index (χ2v) is 27.3. The van der Waals surface area contributed by atoms with Crippen LogP contribution in [0.3, 0.4) is 0 Å². The number of rotatable bonds is 10. The molecule has 2 aliphatic rings. The maximum Gasteiger partial charge on any atom is 0.252 e. The van der Waals surface area contributed by atoms with Gasteiger partial charge in [-0.1, -0.05) is 324 Å². The van der Waals surface area contributed by atoms with Crippen LogP contribution in [-0.2, 0) is 5.41 Å². The Hall–Kier alpha value is -12.4. The molecule has 0 saturated heterocycles. The molecule has 0 radical (unpaired) electrons. The van der Waals surface area contributed by atoms with Crippen LogP contribution in [0.1, 0.15) is 26.3 Å². The van der Waals surface area contributed by atoms with Crippen LogP contribution in [-0.4, -0.2) is 6.71 Å². The van der Waals surface area contributed by atoms with Crippen LogP contribution in [0.5, 0.6) is 0 Å². The molecule has 466 valence electrons. The van der Waals surface area contributed by atoms with Gasteiger partial charge in [0.05, 0.1) is 11.4 Å². The van der Waals surface area contributed by atoms with Gasteiger partial charge in [-0.2, -0.15) is 0 Å². The molecule has 0 amide bonds. The van der Waals surface area contributed by atoms with Crippen molar-refractivity contribution in [3.8, 4) is 89.0 Å². The summed E-state index contributed by atoms with van der Waals surface area (Å²) in [6.45, 7) is 6.79. The van der Waals surface area contributed by atoms with Gasteiger partial charge in [0.2, 0.25) is 0 Å². The first kappa shape index (κ1) is 58.0. The summed E-state index contributed by atoms with van der Waals surface area (Å²) < 4.78 is 14.3. The Balaban J connectivity index is 1.01. The van der Waals surface area contributed by atoms with Gasteiger partial charge in [-0.25, -0.2) is 0 Å². The number of para-hydroxylation sites is 4. The fraction of sp³-hybridized carbons (Fsp3) is 0.0426. The highest BCUT2D eigenvalue weighted by Crippen LogP contribution is 2.57. The molecular formula is C94H65BN2O2. The summed E-state index contributed by atoms with van der Waals surface area (Å²) >= 11 is 0. The molecule has 0 unspecified atom stereocenters. The van der Waals surface area contributed by atoms with Crippen LogP contribution in [0.4, 0.5) is 34.1 Å². The second-order valence-electron chi connectivity index (χ2n) is 27.3. The van der Waals surface area contributed by atoms with Gasteiger partial charge in [0.1, 0.15) is 22.3 Å². The lowest BCUT2D eigenvalue weighted by Crippen LogP contribution is -2.61. The first-order valence-electron chi connectivity index (χ1n) is 34.3. The molecule has 0 saturated carbocycles. The Morgan fingerprint density at radius 2 is 0.525 bits per heavy atom. The van der Waals surface area contributed by atoms with Gasteiger partial charge in [-0.3, -0.25) is 0 Å². The van der Waals surface area contributed by atoms with E-state index in [1.54, 1.807) is 0 Å². The van der Waals surface area contributed by atoms with Crippen molar-refractivity contribution in [2.75, 3.05) is 9.80 Å². The summed E-state index contributed by atoms with van der Waals surface area (Å²) in [5.74, 6) is 0. The minimum atomic E-state index is -0.366. The lowest BCUT2D eigenvalue weighted by Gasteiger charge is -2.46. The summed E-state index contributed by atoms with van der Waals surface area (Å²) in [7, 11) is 0. The largest absolute Gasteiger partial charge is 0.456 e. The van der Waals surface area contributed by atoms with E-state index < -0.39 is 0 Å². The zero-order chi connectivity index (χ0) is 65.9. The van der Waals surface area contributed by atoms with E-state index in [9.17, 15) is 0 Å². The first-order chi connectivity index (χ1) is 48.8. The molecule has 17 aromatic rings. The van der Waals surface area contributed by atoms with Gasteiger partial charge in [-0.05, 0) is 118 Å². The lowest BCUT2D eigenvalue weighted by molar-refractivity contribution is 0.590. The maximum absolute atomic E-state index is 7.14. The molecule has 0 aliphatic carbocycles. The van der Waals surface area contributed by atoms with Crippen molar-refractivity contribution in [1.82, 2.24) is 0 Å². The van der Waals surface area contributed by atoms with E-state index in [0.29, 0.717) is 0 Å². The molecule has 5 heteroatoms. The zero-order valence-corrected chi connectivity index (χ0v) is 55.1. The van der Waals surface area contributed by atoms with Crippen LogP contribution < -0.4 is 26.2 Å². The molecule has 0 atom stereocenters. The topological polar surface area (TPSA) is 32.8 Å². The lowest BCUT2D eigenvalue weighted by atomic mass is 9.33. The van der Waals surface area contributed by atoms with E-state index in [1.165, 1.54) is 22.0 Å². The molecule has 15 aromatic carbocycles. The average Bonchev–Trinajstić information content (AvgIpc) is 1.51. The third kappa shape index (κ3) is 9.44. The fourth-order valence-electron chi connectivity index (χ4n) is 16.1. The second kappa shape index (κ2) is 23.2. The van der Waals surface area contributed by atoms with Crippen LogP contribution >= 0.6 is 0 Å². The highest BCUT2D eigenvalue weighted by molar-refractivity contribution is 7.00. The molecule has 2 aliphatic heterocycles. The summed E-state index contributed by atoms with van der Waals surface area (Å²) in [6, 6.07) is 125. The van der Waals surface area contributed by atoms with Gasteiger partial charge in [-0.15, -0.1) is 0 Å². The van der Waals surface area contributed by atoms with Gasteiger partial charge in [0, 0.05) is 78.7 Å². The van der Waals surface area contributed by atoms with Crippen molar-refractivity contribution in [3.63, 3.8) is 0 Å². The quantitative estimate of drug-likeness (QED) is 0.128. The van der Waals surface area contributed by atoms with Crippen LogP contribution in [0.2, 0.25) is 0 Å². The Kier molecular flexibility index (Phi) is 13.6. The van der Waals surface area contributed by atoms with Gasteiger partial charge in [0.15, 0.2) is 0 Å². The average molecular weight is 1270 g/mol. The Labute approximate surface area is 576 Å². The SMILES string of the molecule is CC(C)(C)c1cc2c3c(c1)N(c1c(-c4ccccc4-c4ccccc4)cccc1-c1ccccc1-c1ccccc1)c1cc4oc5ccccc5c4cc1B3c1cc3c(cc1N2c1c(-c2ccccc2-c2ccccc2)cccc1-c1ccccc1-c1ccccc1)oc1ccccc13. The number of hydrogen-bond acceptors (Lipinski definition) is 4. The van der Waals surface area contributed by atoms with E-state index >= 15 is 0 Å². The summed E-state index contributed by atoms with van der Waals surface area (Å²) in [6.07, 6.45) is 0. The predicted octanol–water partition coefficient (Wildman–Crippen LogP) is 24.2. The fourth-order valence-corrected chi connectivity index (χ4v) is 16.1. The van der Waals surface area contributed by atoms with Gasteiger partial charge >= 0.3 is 0 Å². The third-order valence-corrected chi connectivity index (χ3v) is 20.7. The standard InChI is InChI=1S/C94H65BN2O2/c1-94(2,3)64-54-85-91-86(55-64)97(93-77(71-44-22-18-40-67(71)62-34-12-6-13-35-62)50-29-51-78(93)72-45-23-19-41-68(72)63-36-14-7-15-37-63)84-59-90-80(74-47-25-27-53-88(74)99-90)57-82(84)95(91)81-56-79-73-46-24-26-52-87(73)98-89(79)58-83(81)96(85)92-75(69-42-20-16-38-65(69)60-30-8-4-9-31-60)48-28-49-76(92)70-43-21-17-39-66(70)61-32-10-5-11-33-61/h4-59H,1-3H3. The van der Waals surface area contributed by atoms with Gasteiger partial charge in [0.25, 0.3) is 6.71 Å². The minimum Gasteiger partial charge on any atom is -0.456 e. The molecule has 0 fully saturated rings. The number of furan rings is 2. The Bertz CT molecular complexity index is 5480. The normalized spacial score (nSPS) is 12.5.